The van der Waals surface area contributed by atoms with Crippen molar-refractivity contribution in [1.29, 1.82) is 0 Å². The third-order valence-electron chi connectivity index (χ3n) is 2.27. The van der Waals surface area contributed by atoms with Crippen LogP contribution in [0.3, 0.4) is 0 Å². The van der Waals surface area contributed by atoms with Gasteiger partial charge in [-0.05, 0) is 0 Å². The number of nitrogens with zero attached hydrogens (tertiary/aromatic N) is 2. The van der Waals surface area contributed by atoms with Crippen LogP contribution < -0.4 is 0 Å². The molecule has 0 saturated carbocycles. The molecule has 5 heteroatoms. The van der Waals surface area contributed by atoms with Gasteiger partial charge in [-0.15, -0.1) is 0 Å². The van der Waals surface area contributed by atoms with E-state index in [1.54, 1.807) is 13.3 Å². The van der Waals surface area contributed by atoms with E-state index >= 15 is 0 Å². The van der Waals surface area contributed by atoms with Crippen molar-refractivity contribution in [2.45, 2.75) is 26.0 Å². The largest absolute Gasteiger partial charge is 0.389 e. The molecular weight excluding hydrogens is 208 g/mol. The van der Waals surface area contributed by atoms with Crippen molar-refractivity contribution in [1.82, 2.24) is 9.55 Å². The van der Waals surface area contributed by atoms with Crippen molar-refractivity contribution < 1.29 is 14.6 Å². The number of aromatic nitrogens is 2. The SMILES string of the molecule is CCc1nccn1CC(O)COCCOC. The van der Waals surface area contributed by atoms with E-state index < -0.39 is 6.10 Å². The Balaban J connectivity index is 2.25. The van der Waals surface area contributed by atoms with Crippen LogP contribution in [0, 0.1) is 0 Å². The first-order valence-electron chi connectivity index (χ1n) is 5.52. The number of rotatable bonds is 8. The molecule has 0 aliphatic heterocycles. The van der Waals surface area contributed by atoms with Crippen molar-refractivity contribution in [3.63, 3.8) is 0 Å². The van der Waals surface area contributed by atoms with Gasteiger partial charge < -0.3 is 19.1 Å². The van der Waals surface area contributed by atoms with Crippen molar-refractivity contribution >= 4 is 0 Å². The summed E-state index contributed by atoms with van der Waals surface area (Å²) in [6, 6.07) is 0. The van der Waals surface area contributed by atoms with Gasteiger partial charge in [0.1, 0.15) is 5.82 Å². The van der Waals surface area contributed by atoms with Crippen LogP contribution in [0.5, 0.6) is 0 Å². The Hall–Kier alpha value is -0.910. The average Bonchev–Trinajstić information content (AvgIpc) is 2.71. The van der Waals surface area contributed by atoms with Crippen LogP contribution in [0.4, 0.5) is 0 Å². The molecule has 0 aliphatic carbocycles. The van der Waals surface area contributed by atoms with Crippen LogP contribution in [-0.4, -0.2) is 47.7 Å². The number of methoxy groups -OCH3 is 1. The average molecular weight is 228 g/mol. The Labute approximate surface area is 96.0 Å². The summed E-state index contributed by atoms with van der Waals surface area (Å²) in [4.78, 5) is 4.19. The first kappa shape index (κ1) is 13.2. The standard InChI is InChI=1S/C11H20N2O3/c1-3-11-12-4-5-13(11)8-10(14)9-16-7-6-15-2/h4-5,10,14H,3,6-9H2,1-2H3. The van der Waals surface area contributed by atoms with Gasteiger partial charge in [0.25, 0.3) is 0 Å². The molecule has 1 aromatic rings. The van der Waals surface area contributed by atoms with Crippen LogP contribution in [0.25, 0.3) is 0 Å². The first-order valence-corrected chi connectivity index (χ1v) is 5.52. The van der Waals surface area contributed by atoms with Gasteiger partial charge in [0.15, 0.2) is 0 Å². The number of ether oxygens (including phenoxy) is 2. The molecule has 0 fully saturated rings. The van der Waals surface area contributed by atoms with Gasteiger partial charge in [-0.2, -0.15) is 0 Å². The Bertz CT molecular complexity index is 289. The fourth-order valence-corrected chi connectivity index (χ4v) is 1.46. The zero-order valence-electron chi connectivity index (χ0n) is 9.93. The lowest BCUT2D eigenvalue weighted by Gasteiger charge is -2.13. The van der Waals surface area contributed by atoms with E-state index in [0.717, 1.165) is 12.2 Å². The molecule has 1 atom stereocenters. The van der Waals surface area contributed by atoms with Crippen LogP contribution in [0.2, 0.25) is 0 Å². The summed E-state index contributed by atoms with van der Waals surface area (Å²) in [7, 11) is 1.62. The molecule has 0 amide bonds. The molecule has 0 spiro atoms. The summed E-state index contributed by atoms with van der Waals surface area (Å²) in [6.07, 6.45) is 3.98. The molecule has 5 nitrogen and oxygen atoms in total. The highest BCUT2D eigenvalue weighted by atomic mass is 16.5. The van der Waals surface area contributed by atoms with Gasteiger partial charge in [0.2, 0.25) is 0 Å². The number of hydrogen-bond donors (Lipinski definition) is 1. The minimum Gasteiger partial charge on any atom is -0.389 e. The fourth-order valence-electron chi connectivity index (χ4n) is 1.46. The predicted molar refractivity (Wildman–Crippen MR) is 60.3 cm³/mol. The molecule has 1 aromatic heterocycles. The van der Waals surface area contributed by atoms with Gasteiger partial charge in [0.05, 0.1) is 32.5 Å². The third kappa shape index (κ3) is 4.30. The third-order valence-corrected chi connectivity index (χ3v) is 2.27. The number of aryl methyl sites for hydroxylation is 1. The molecule has 1 rings (SSSR count). The highest BCUT2D eigenvalue weighted by molar-refractivity contribution is 4.92. The summed E-state index contributed by atoms with van der Waals surface area (Å²) in [5.41, 5.74) is 0. The fraction of sp³-hybridized carbons (Fsp3) is 0.727. The molecule has 0 aromatic carbocycles. The Morgan fingerprint density at radius 1 is 1.50 bits per heavy atom. The van der Waals surface area contributed by atoms with Gasteiger partial charge in [-0.25, -0.2) is 4.98 Å². The molecule has 92 valence electrons. The normalized spacial score (nSPS) is 12.9. The second kappa shape index (κ2) is 7.38. The molecule has 0 aliphatic rings. The summed E-state index contributed by atoms with van der Waals surface area (Å²) in [5, 5.41) is 9.73. The Morgan fingerprint density at radius 2 is 2.31 bits per heavy atom. The quantitative estimate of drug-likeness (QED) is 0.657. The van der Waals surface area contributed by atoms with E-state index in [1.165, 1.54) is 0 Å². The minimum absolute atomic E-state index is 0.324. The Morgan fingerprint density at radius 3 is 3.00 bits per heavy atom. The van der Waals surface area contributed by atoms with E-state index in [0.29, 0.717) is 26.4 Å². The van der Waals surface area contributed by atoms with Crippen molar-refractivity contribution in [2.24, 2.45) is 0 Å². The lowest BCUT2D eigenvalue weighted by atomic mass is 10.3. The smallest absolute Gasteiger partial charge is 0.108 e. The molecule has 1 unspecified atom stereocenters. The predicted octanol–water partition coefficient (Wildman–Crippen LogP) is 0.469. The lowest BCUT2D eigenvalue weighted by Crippen LogP contribution is -2.23. The van der Waals surface area contributed by atoms with Crippen LogP contribution in [0.1, 0.15) is 12.7 Å². The summed E-state index contributed by atoms with van der Waals surface area (Å²) < 4.78 is 12.0. The summed E-state index contributed by atoms with van der Waals surface area (Å²) in [6.45, 7) is 3.96. The number of aliphatic hydroxyl groups excluding tert-OH is 1. The number of hydrogen-bond acceptors (Lipinski definition) is 4. The summed E-state index contributed by atoms with van der Waals surface area (Å²) in [5.74, 6) is 0.982. The lowest BCUT2D eigenvalue weighted by molar-refractivity contribution is 0.00696. The van der Waals surface area contributed by atoms with Crippen LogP contribution >= 0.6 is 0 Å². The second-order valence-electron chi connectivity index (χ2n) is 3.57. The van der Waals surface area contributed by atoms with Gasteiger partial charge in [-0.3, -0.25) is 0 Å². The first-order chi connectivity index (χ1) is 7.77. The molecule has 0 bridgehead atoms. The van der Waals surface area contributed by atoms with E-state index in [-0.39, 0.29) is 0 Å². The molecule has 1 N–H and O–H groups in total. The summed E-state index contributed by atoms with van der Waals surface area (Å²) >= 11 is 0. The monoisotopic (exact) mass is 228 g/mol. The van der Waals surface area contributed by atoms with Crippen LogP contribution in [-0.2, 0) is 22.4 Å². The zero-order valence-corrected chi connectivity index (χ0v) is 9.93. The minimum atomic E-state index is -0.503. The van der Waals surface area contributed by atoms with E-state index in [9.17, 15) is 5.11 Å². The molecule has 1 heterocycles. The van der Waals surface area contributed by atoms with Gasteiger partial charge in [0, 0.05) is 25.9 Å². The molecular formula is C11H20N2O3. The van der Waals surface area contributed by atoms with Crippen molar-refractivity contribution in [3.05, 3.63) is 18.2 Å². The number of imidazole rings is 1. The van der Waals surface area contributed by atoms with Crippen LogP contribution in [0.15, 0.2) is 12.4 Å². The molecule has 0 saturated heterocycles. The van der Waals surface area contributed by atoms with Gasteiger partial charge in [-0.1, -0.05) is 6.92 Å². The molecule has 0 radical (unpaired) electrons. The van der Waals surface area contributed by atoms with E-state index in [2.05, 4.69) is 4.98 Å². The van der Waals surface area contributed by atoms with Gasteiger partial charge >= 0.3 is 0 Å². The molecule has 16 heavy (non-hydrogen) atoms. The highest BCUT2D eigenvalue weighted by Crippen LogP contribution is 2.01. The maximum absolute atomic E-state index is 9.73. The zero-order chi connectivity index (χ0) is 11.8. The number of aliphatic hydroxyl groups is 1. The highest BCUT2D eigenvalue weighted by Gasteiger charge is 2.07. The van der Waals surface area contributed by atoms with E-state index in [1.807, 2.05) is 17.7 Å². The topological polar surface area (TPSA) is 56.5 Å². The maximum atomic E-state index is 9.73. The maximum Gasteiger partial charge on any atom is 0.108 e. The van der Waals surface area contributed by atoms with Crippen molar-refractivity contribution in [3.8, 4) is 0 Å². The van der Waals surface area contributed by atoms with Crippen molar-refractivity contribution in [2.75, 3.05) is 26.9 Å². The van der Waals surface area contributed by atoms with E-state index in [4.69, 9.17) is 9.47 Å². The Kier molecular flexibility index (Phi) is 6.07. The second-order valence-corrected chi connectivity index (χ2v) is 3.57.